The van der Waals surface area contributed by atoms with Gasteiger partial charge in [-0.2, -0.15) is 0 Å². The first-order valence-electron chi connectivity index (χ1n) is 7.72. The van der Waals surface area contributed by atoms with E-state index in [-0.39, 0.29) is 11.9 Å². The molecular formula is C18H15N3O5. The summed E-state index contributed by atoms with van der Waals surface area (Å²) in [7, 11) is 0. The fourth-order valence-electron chi connectivity index (χ4n) is 2.65. The number of pyridine rings is 2. The maximum Gasteiger partial charge on any atom is 0.322 e. The molecule has 0 radical (unpaired) electrons. The number of carboxylic acid groups (broad SMARTS) is 1. The number of nitrogens with zero attached hydrogens (tertiary/aromatic N) is 2. The van der Waals surface area contributed by atoms with Crippen molar-refractivity contribution in [1.82, 2.24) is 14.9 Å². The monoisotopic (exact) mass is 353 g/mol. The summed E-state index contributed by atoms with van der Waals surface area (Å²) in [6.45, 7) is -0.494. The van der Waals surface area contributed by atoms with Gasteiger partial charge in [0.1, 0.15) is 17.9 Å². The Balaban J connectivity index is 2.18. The molecule has 26 heavy (non-hydrogen) atoms. The van der Waals surface area contributed by atoms with Crippen LogP contribution in [-0.4, -0.2) is 38.2 Å². The van der Waals surface area contributed by atoms with E-state index in [0.29, 0.717) is 5.52 Å². The third-order valence-corrected chi connectivity index (χ3v) is 3.85. The lowest BCUT2D eigenvalue weighted by atomic mass is 10.1. The predicted octanol–water partition coefficient (Wildman–Crippen LogP) is 0.965. The van der Waals surface area contributed by atoms with Crippen LogP contribution in [0.5, 0.6) is 5.75 Å². The van der Waals surface area contributed by atoms with Crippen LogP contribution in [0.25, 0.3) is 10.9 Å². The number of aromatic nitrogens is 2. The number of hydrogen-bond donors (Lipinski definition) is 3. The molecular weight excluding hydrogens is 338 g/mol. The van der Waals surface area contributed by atoms with E-state index in [2.05, 4.69) is 10.3 Å². The van der Waals surface area contributed by atoms with E-state index in [9.17, 15) is 19.5 Å². The number of carboxylic acids is 1. The first-order chi connectivity index (χ1) is 12.5. The molecule has 2 heterocycles. The van der Waals surface area contributed by atoms with Crippen molar-refractivity contribution in [2.75, 3.05) is 6.54 Å². The molecule has 1 aromatic carbocycles. The standard InChI is InChI=1S/C18H15N3O5/c22-14(23)9-20-17(25)15-16(24)12-6-7-19-8-13(12)21(18(15)26)10-11-4-2-1-3-5-11/h1-8,24H,9-10H2,(H,20,25)(H,22,23). The lowest BCUT2D eigenvalue weighted by molar-refractivity contribution is -0.135. The Morgan fingerprint density at radius 2 is 1.88 bits per heavy atom. The second-order valence-corrected chi connectivity index (χ2v) is 5.57. The summed E-state index contributed by atoms with van der Waals surface area (Å²) in [6.07, 6.45) is 2.86. The van der Waals surface area contributed by atoms with E-state index < -0.39 is 35.3 Å². The quantitative estimate of drug-likeness (QED) is 0.628. The SMILES string of the molecule is O=C(O)CNC(=O)c1c(O)c2ccncc2n(Cc2ccccc2)c1=O. The normalized spacial score (nSPS) is 10.6. The van der Waals surface area contributed by atoms with Crippen LogP contribution in [0.1, 0.15) is 15.9 Å². The predicted molar refractivity (Wildman–Crippen MR) is 93.2 cm³/mol. The number of fused-ring (bicyclic) bond motifs is 1. The molecule has 3 rings (SSSR count). The zero-order chi connectivity index (χ0) is 18.7. The minimum Gasteiger partial charge on any atom is -0.506 e. The Morgan fingerprint density at radius 1 is 1.15 bits per heavy atom. The van der Waals surface area contributed by atoms with Crippen molar-refractivity contribution in [3.63, 3.8) is 0 Å². The lowest BCUT2D eigenvalue weighted by Crippen LogP contribution is -2.36. The summed E-state index contributed by atoms with van der Waals surface area (Å²) in [5.41, 5.74) is -0.0356. The summed E-state index contributed by atoms with van der Waals surface area (Å²) in [5.74, 6) is -2.71. The van der Waals surface area contributed by atoms with E-state index >= 15 is 0 Å². The van der Waals surface area contributed by atoms with Crippen LogP contribution in [0.15, 0.2) is 53.6 Å². The van der Waals surface area contributed by atoms with Crippen LogP contribution in [-0.2, 0) is 11.3 Å². The highest BCUT2D eigenvalue weighted by molar-refractivity contribution is 6.02. The molecule has 0 saturated heterocycles. The maximum absolute atomic E-state index is 12.9. The van der Waals surface area contributed by atoms with Crippen LogP contribution in [0.3, 0.4) is 0 Å². The van der Waals surface area contributed by atoms with Crippen molar-refractivity contribution in [1.29, 1.82) is 0 Å². The second kappa shape index (κ2) is 7.06. The van der Waals surface area contributed by atoms with Crippen LogP contribution in [0.2, 0.25) is 0 Å². The van der Waals surface area contributed by atoms with Crippen LogP contribution in [0.4, 0.5) is 0 Å². The number of benzene rings is 1. The Hall–Kier alpha value is -3.68. The Morgan fingerprint density at radius 3 is 2.58 bits per heavy atom. The van der Waals surface area contributed by atoms with Gasteiger partial charge in [-0.05, 0) is 11.6 Å². The highest BCUT2D eigenvalue weighted by Crippen LogP contribution is 2.26. The van der Waals surface area contributed by atoms with Gasteiger partial charge in [0.05, 0.1) is 18.3 Å². The van der Waals surface area contributed by atoms with Crippen LogP contribution in [0, 0.1) is 0 Å². The summed E-state index contributed by atoms with van der Waals surface area (Å²) >= 11 is 0. The number of carbonyl (C=O) groups excluding carboxylic acids is 1. The smallest absolute Gasteiger partial charge is 0.322 e. The van der Waals surface area contributed by atoms with Crippen molar-refractivity contribution in [2.45, 2.75) is 6.54 Å². The fraction of sp³-hybridized carbons (Fsp3) is 0.111. The van der Waals surface area contributed by atoms with E-state index in [1.165, 1.54) is 23.0 Å². The topological polar surface area (TPSA) is 122 Å². The van der Waals surface area contributed by atoms with Crippen molar-refractivity contribution in [3.8, 4) is 5.75 Å². The van der Waals surface area contributed by atoms with Crippen molar-refractivity contribution in [3.05, 3.63) is 70.3 Å². The zero-order valence-corrected chi connectivity index (χ0v) is 13.5. The van der Waals surface area contributed by atoms with Crippen LogP contribution < -0.4 is 10.9 Å². The molecule has 0 atom stereocenters. The second-order valence-electron chi connectivity index (χ2n) is 5.57. The highest BCUT2D eigenvalue weighted by atomic mass is 16.4. The molecule has 132 valence electrons. The number of aliphatic carboxylic acids is 1. The summed E-state index contributed by atoms with van der Waals surface area (Å²) < 4.78 is 1.33. The Labute approximate surface area is 147 Å². The Bertz CT molecular complexity index is 1040. The molecule has 0 aliphatic rings. The summed E-state index contributed by atoms with van der Waals surface area (Å²) in [4.78, 5) is 39.8. The van der Waals surface area contributed by atoms with Gasteiger partial charge >= 0.3 is 5.97 Å². The van der Waals surface area contributed by atoms with Gasteiger partial charge in [-0.15, -0.1) is 0 Å². The molecule has 2 aromatic heterocycles. The van der Waals surface area contributed by atoms with E-state index in [0.717, 1.165) is 5.56 Å². The number of rotatable bonds is 5. The molecule has 0 unspecified atom stereocenters. The molecule has 0 bridgehead atoms. The fourth-order valence-corrected chi connectivity index (χ4v) is 2.65. The van der Waals surface area contributed by atoms with Gasteiger partial charge in [0.2, 0.25) is 0 Å². The van der Waals surface area contributed by atoms with Gasteiger partial charge < -0.3 is 20.1 Å². The Kier molecular flexibility index (Phi) is 4.66. The van der Waals surface area contributed by atoms with E-state index in [1.807, 2.05) is 30.3 Å². The number of amides is 1. The largest absolute Gasteiger partial charge is 0.506 e. The van der Waals surface area contributed by atoms with E-state index in [4.69, 9.17) is 5.11 Å². The van der Waals surface area contributed by atoms with Gasteiger partial charge in [-0.1, -0.05) is 30.3 Å². The lowest BCUT2D eigenvalue weighted by Gasteiger charge is -2.14. The first-order valence-corrected chi connectivity index (χ1v) is 7.72. The third-order valence-electron chi connectivity index (χ3n) is 3.85. The minimum absolute atomic E-state index is 0.168. The molecule has 3 aromatic rings. The first kappa shape index (κ1) is 17.2. The molecule has 8 nitrogen and oxygen atoms in total. The highest BCUT2D eigenvalue weighted by Gasteiger charge is 2.22. The van der Waals surface area contributed by atoms with Gasteiger partial charge in [0.25, 0.3) is 11.5 Å². The third kappa shape index (κ3) is 3.25. The number of nitrogens with one attached hydrogen (secondary N) is 1. The maximum atomic E-state index is 12.9. The average molecular weight is 353 g/mol. The van der Waals surface area contributed by atoms with Gasteiger partial charge in [0.15, 0.2) is 0 Å². The molecule has 3 N–H and O–H groups in total. The van der Waals surface area contributed by atoms with Gasteiger partial charge in [-0.3, -0.25) is 19.4 Å². The van der Waals surface area contributed by atoms with Crippen LogP contribution >= 0.6 is 0 Å². The molecule has 8 heteroatoms. The summed E-state index contributed by atoms with van der Waals surface area (Å²) in [5, 5.41) is 21.5. The average Bonchev–Trinajstić information content (AvgIpc) is 2.64. The number of carbonyl (C=O) groups is 2. The van der Waals surface area contributed by atoms with Crippen molar-refractivity contribution >= 4 is 22.8 Å². The minimum atomic E-state index is -1.26. The molecule has 0 saturated carbocycles. The zero-order valence-electron chi connectivity index (χ0n) is 13.5. The number of aromatic hydroxyl groups is 1. The van der Waals surface area contributed by atoms with Gasteiger partial charge in [-0.25, -0.2) is 0 Å². The number of hydrogen-bond acceptors (Lipinski definition) is 5. The van der Waals surface area contributed by atoms with E-state index in [1.54, 1.807) is 0 Å². The molecule has 0 fully saturated rings. The van der Waals surface area contributed by atoms with Crippen molar-refractivity contribution < 1.29 is 19.8 Å². The summed E-state index contributed by atoms with van der Waals surface area (Å²) in [6, 6.07) is 10.6. The molecule has 0 spiro atoms. The van der Waals surface area contributed by atoms with Gasteiger partial charge in [0, 0.05) is 11.6 Å². The molecule has 0 aliphatic carbocycles. The molecule has 0 aliphatic heterocycles. The van der Waals surface area contributed by atoms with Crippen molar-refractivity contribution in [2.24, 2.45) is 0 Å². The molecule has 1 amide bonds.